The Morgan fingerprint density at radius 1 is 1.03 bits per heavy atom. The summed E-state index contributed by atoms with van der Waals surface area (Å²) in [5.41, 5.74) is 3.22. The van der Waals surface area contributed by atoms with Crippen molar-refractivity contribution < 1.29 is 18.7 Å². The molecule has 2 aromatic carbocycles. The summed E-state index contributed by atoms with van der Waals surface area (Å²) in [4.78, 5) is 16.6. The number of β-amino-alcohol motifs (C(OH)–C–C–N with tert-alkyl or cyclic N) is 1. The van der Waals surface area contributed by atoms with Gasteiger partial charge in [0.15, 0.2) is 0 Å². The summed E-state index contributed by atoms with van der Waals surface area (Å²) in [6.07, 6.45) is 2.05. The molecule has 32 heavy (non-hydrogen) atoms. The molecular formula is C25H27FN2O4. The summed E-state index contributed by atoms with van der Waals surface area (Å²) in [6, 6.07) is 12.1. The van der Waals surface area contributed by atoms with Gasteiger partial charge in [0.05, 0.1) is 0 Å². The summed E-state index contributed by atoms with van der Waals surface area (Å²) < 4.78 is 24.4. The van der Waals surface area contributed by atoms with E-state index in [-0.39, 0.29) is 18.0 Å². The van der Waals surface area contributed by atoms with Crippen LogP contribution in [-0.4, -0.2) is 55.4 Å². The molecule has 3 aromatic rings. The van der Waals surface area contributed by atoms with Gasteiger partial charge < -0.3 is 19.2 Å². The van der Waals surface area contributed by atoms with Crippen molar-refractivity contribution in [3.63, 3.8) is 0 Å². The summed E-state index contributed by atoms with van der Waals surface area (Å²) in [5.74, 6) is 0.353. The van der Waals surface area contributed by atoms with Gasteiger partial charge in [-0.05, 0) is 61.2 Å². The van der Waals surface area contributed by atoms with Crippen molar-refractivity contribution in [2.45, 2.75) is 25.4 Å². The molecule has 1 unspecified atom stereocenters. The molecule has 0 bridgehead atoms. The van der Waals surface area contributed by atoms with E-state index in [0.717, 1.165) is 67.6 Å². The molecule has 168 valence electrons. The molecule has 1 N–H and O–H groups in total. The highest BCUT2D eigenvalue weighted by atomic mass is 19.1. The number of nitrogens with zero attached hydrogens (tertiary/aromatic N) is 2. The maximum Gasteiger partial charge on any atom is 0.339 e. The van der Waals surface area contributed by atoms with Gasteiger partial charge in [0.1, 0.15) is 29.9 Å². The topological polar surface area (TPSA) is 66.2 Å². The van der Waals surface area contributed by atoms with E-state index >= 15 is 0 Å². The normalized spacial score (nSPS) is 17.5. The molecule has 1 aliphatic carbocycles. The minimum atomic E-state index is -0.630. The number of halogens is 1. The fourth-order valence-corrected chi connectivity index (χ4v) is 4.74. The fraction of sp³-hybridized carbons (Fsp3) is 0.400. The van der Waals surface area contributed by atoms with Crippen LogP contribution in [0, 0.1) is 5.82 Å². The SMILES string of the molecule is O=c1oc2cc(OCC(O)CN3CCN(c4ccc(F)cc4)CC3)ccc2c2c1CCC2. The molecule has 1 saturated heterocycles. The first-order valence-electron chi connectivity index (χ1n) is 11.2. The van der Waals surface area contributed by atoms with Crippen LogP contribution >= 0.6 is 0 Å². The Morgan fingerprint density at radius 3 is 2.56 bits per heavy atom. The van der Waals surface area contributed by atoms with Crippen molar-refractivity contribution in [3.05, 3.63) is 69.8 Å². The van der Waals surface area contributed by atoms with Gasteiger partial charge in [0, 0.05) is 55.4 Å². The maximum atomic E-state index is 13.1. The number of rotatable bonds is 6. The molecule has 2 heterocycles. The minimum Gasteiger partial charge on any atom is -0.491 e. The van der Waals surface area contributed by atoms with Crippen LogP contribution in [0.4, 0.5) is 10.1 Å². The van der Waals surface area contributed by atoms with Crippen molar-refractivity contribution in [2.75, 3.05) is 44.2 Å². The number of anilines is 1. The first kappa shape index (κ1) is 21.0. The van der Waals surface area contributed by atoms with Gasteiger partial charge in [-0.3, -0.25) is 4.90 Å². The van der Waals surface area contributed by atoms with Crippen LogP contribution in [0.5, 0.6) is 5.75 Å². The third-order valence-electron chi connectivity index (χ3n) is 6.42. The van der Waals surface area contributed by atoms with E-state index in [2.05, 4.69) is 9.80 Å². The predicted molar refractivity (Wildman–Crippen MR) is 121 cm³/mol. The first-order valence-corrected chi connectivity index (χ1v) is 11.2. The highest BCUT2D eigenvalue weighted by Gasteiger charge is 2.21. The number of hydrogen-bond acceptors (Lipinski definition) is 6. The molecule has 1 aliphatic heterocycles. The van der Waals surface area contributed by atoms with Gasteiger partial charge >= 0.3 is 5.63 Å². The van der Waals surface area contributed by atoms with Gasteiger partial charge in [0.25, 0.3) is 0 Å². The molecule has 5 rings (SSSR count). The minimum absolute atomic E-state index is 0.166. The largest absolute Gasteiger partial charge is 0.491 e. The van der Waals surface area contributed by atoms with Crippen molar-refractivity contribution in [1.82, 2.24) is 4.90 Å². The standard InChI is InChI=1S/C25H27FN2O4/c26-17-4-6-18(7-5-17)28-12-10-27(11-13-28)15-19(29)16-31-20-8-9-22-21-2-1-3-23(21)25(30)32-24(22)14-20/h4-9,14,19,29H,1-3,10-13,15-16H2. The fourth-order valence-electron chi connectivity index (χ4n) is 4.74. The number of benzene rings is 2. The average molecular weight is 438 g/mol. The summed E-state index contributed by atoms with van der Waals surface area (Å²) in [6.45, 7) is 3.98. The van der Waals surface area contributed by atoms with Crippen LogP contribution in [-0.2, 0) is 12.8 Å². The van der Waals surface area contributed by atoms with Crippen LogP contribution in [0.1, 0.15) is 17.5 Å². The lowest BCUT2D eigenvalue weighted by Gasteiger charge is -2.36. The molecule has 0 amide bonds. The third kappa shape index (κ3) is 4.36. The highest BCUT2D eigenvalue weighted by Crippen LogP contribution is 2.29. The number of hydrogen-bond donors (Lipinski definition) is 1. The van der Waals surface area contributed by atoms with Crippen LogP contribution < -0.4 is 15.3 Å². The van der Waals surface area contributed by atoms with Crippen LogP contribution in [0.3, 0.4) is 0 Å². The Balaban J connectivity index is 1.14. The lowest BCUT2D eigenvalue weighted by atomic mass is 10.1. The van der Waals surface area contributed by atoms with E-state index in [1.807, 2.05) is 12.1 Å². The number of aliphatic hydroxyl groups is 1. The summed E-state index contributed by atoms with van der Waals surface area (Å²) in [7, 11) is 0. The Labute approximate surface area is 185 Å². The Kier molecular flexibility index (Phi) is 5.85. The average Bonchev–Trinajstić information content (AvgIpc) is 3.30. The van der Waals surface area contributed by atoms with Gasteiger partial charge in [-0.25, -0.2) is 9.18 Å². The Morgan fingerprint density at radius 2 is 1.78 bits per heavy atom. The van der Waals surface area contributed by atoms with Crippen molar-refractivity contribution in [1.29, 1.82) is 0 Å². The van der Waals surface area contributed by atoms with E-state index in [0.29, 0.717) is 17.9 Å². The zero-order valence-corrected chi connectivity index (χ0v) is 17.9. The lowest BCUT2D eigenvalue weighted by molar-refractivity contribution is 0.0663. The monoisotopic (exact) mass is 438 g/mol. The second-order valence-corrected chi connectivity index (χ2v) is 8.59. The van der Waals surface area contributed by atoms with E-state index in [1.165, 1.54) is 12.1 Å². The third-order valence-corrected chi connectivity index (χ3v) is 6.42. The molecule has 1 atom stereocenters. The van der Waals surface area contributed by atoms with E-state index in [1.54, 1.807) is 18.2 Å². The van der Waals surface area contributed by atoms with Crippen LogP contribution in [0.2, 0.25) is 0 Å². The van der Waals surface area contributed by atoms with Crippen molar-refractivity contribution in [2.24, 2.45) is 0 Å². The zero-order chi connectivity index (χ0) is 22.1. The summed E-state index contributed by atoms with van der Waals surface area (Å²) in [5, 5.41) is 11.4. The van der Waals surface area contributed by atoms with Crippen LogP contribution in [0.15, 0.2) is 51.7 Å². The molecule has 1 aromatic heterocycles. The zero-order valence-electron chi connectivity index (χ0n) is 17.9. The molecule has 0 saturated carbocycles. The second-order valence-electron chi connectivity index (χ2n) is 8.59. The van der Waals surface area contributed by atoms with Crippen LogP contribution in [0.25, 0.3) is 11.0 Å². The lowest BCUT2D eigenvalue weighted by Crippen LogP contribution is -2.49. The first-order chi connectivity index (χ1) is 15.6. The predicted octanol–water partition coefficient (Wildman–Crippen LogP) is 2.98. The van der Waals surface area contributed by atoms with E-state index in [4.69, 9.17) is 9.15 Å². The smallest absolute Gasteiger partial charge is 0.339 e. The molecule has 0 radical (unpaired) electrons. The Hall–Kier alpha value is -2.90. The molecule has 1 fully saturated rings. The number of fused-ring (bicyclic) bond motifs is 3. The van der Waals surface area contributed by atoms with E-state index in [9.17, 15) is 14.3 Å². The van der Waals surface area contributed by atoms with Gasteiger partial charge in [-0.15, -0.1) is 0 Å². The maximum absolute atomic E-state index is 13.1. The molecule has 6 nitrogen and oxygen atoms in total. The van der Waals surface area contributed by atoms with Gasteiger partial charge in [0.2, 0.25) is 0 Å². The molecule has 7 heteroatoms. The molecule has 0 spiro atoms. The quantitative estimate of drug-likeness (QED) is 0.597. The number of piperazine rings is 1. The Bertz CT molecular complexity index is 1150. The summed E-state index contributed by atoms with van der Waals surface area (Å²) >= 11 is 0. The number of ether oxygens (including phenoxy) is 1. The molecular weight excluding hydrogens is 411 g/mol. The number of aliphatic hydroxyl groups excluding tert-OH is 1. The van der Waals surface area contributed by atoms with Crippen molar-refractivity contribution >= 4 is 16.7 Å². The van der Waals surface area contributed by atoms with Gasteiger partial charge in [-0.1, -0.05) is 0 Å². The van der Waals surface area contributed by atoms with Crippen molar-refractivity contribution in [3.8, 4) is 5.75 Å². The van der Waals surface area contributed by atoms with E-state index < -0.39 is 6.10 Å². The molecule has 2 aliphatic rings. The second kappa shape index (κ2) is 8.92. The highest BCUT2D eigenvalue weighted by molar-refractivity contribution is 5.83. The van der Waals surface area contributed by atoms with Gasteiger partial charge in [-0.2, -0.15) is 0 Å². The number of aryl methyl sites for hydroxylation is 1.